The number of nitrogens with zero attached hydrogens (tertiary/aromatic N) is 3. The molecule has 4 aromatic rings. The molecule has 10 nitrogen and oxygen atoms in total. The van der Waals surface area contributed by atoms with E-state index in [-0.39, 0.29) is 34.3 Å². The maximum Gasteiger partial charge on any atom is 0.271 e. The summed E-state index contributed by atoms with van der Waals surface area (Å²) >= 11 is 12.4. The number of carbonyl (C=O) groups is 2. The van der Waals surface area contributed by atoms with E-state index < -0.39 is 39.3 Å². The SMILES string of the molecule is CCCNC(=O)[C@@H](Cc1ccccc1)N(Cc1ccc(Cl)c(Cl)c1)C(=O)CN(c1cccc([N+](=O)[O-])c1)S(=O)(=O)c1ccccc1. The highest BCUT2D eigenvalue weighted by Crippen LogP contribution is 2.29. The molecule has 240 valence electrons. The van der Waals surface area contributed by atoms with Crippen LogP contribution in [0.1, 0.15) is 24.5 Å². The van der Waals surface area contributed by atoms with Gasteiger partial charge in [0.2, 0.25) is 11.8 Å². The predicted octanol–water partition coefficient (Wildman–Crippen LogP) is 6.26. The van der Waals surface area contributed by atoms with E-state index in [0.717, 1.165) is 15.9 Å². The van der Waals surface area contributed by atoms with Crippen molar-refractivity contribution in [2.45, 2.75) is 37.2 Å². The molecule has 1 atom stereocenters. The van der Waals surface area contributed by atoms with Crippen LogP contribution in [-0.4, -0.2) is 49.2 Å². The molecule has 0 spiro atoms. The first-order valence-corrected chi connectivity index (χ1v) is 16.6. The van der Waals surface area contributed by atoms with Crippen LogP contribution in [0.4, 0.5) is 11.4 Å². The molecular formula is C33H32Cl2N4O6S. The minimum absolute atomic E-state index is 0.0871. The van der Waals surface area contributed by atoms with Crippen molar-refractivity contribution in [3.8, 4) is 0 Å². The summed E-state index contributed by atoms with van der Waals surface area (Å²) in [6, 6.07) is 25.4. The van der Waals surface area contributed by atoms with E-state index in [1.807, 2.05) is 37.3 Å². The van der Waals surface area contributed by atoms with Crippen molar-refractivity contribution in [3.63, 3.8) is 0 Å². The van der Waals surface area contributed by atoms with E-state index >= 15 is 0 Å². The van der Waals surface area contributed by atoms with Gasteiger partial charge in [-0.15, -0.1) is 0 Å². The van der Waals surface area contributed by atoms with Crippen LogP contribution < -0.4 is 9.62 Å². The average molecular weight is 684 g/mol. The molecule has 0 unspecified atom stereocenters. The van der Waals surface area contributed by atoms with Gasteiger partial charge in [-0.25, -0.2) is 8.42 Å². The van der Waals surface area contributed by atoms with Crippen LogP contribution in [0.15, 0.2) is 108 Å². The van der Waals surface area contributed by atoms with E-state index in [2.05, 4.69) is 5.32 Å². The molecule has 4 rings (SSSR count). The molecular weight excluding hydrogens is 651 g/mol. The summed E-state index contributed by atoms with van der Waals surface area (Å²) in [5.41, 5.74) is 0.887. The van der Waals surface area contributed by atoms with Crippen molar-refractivity contribution in [1.29, 1.82) is 0 Å². The van der Waals surface area contributed by atoms with E-state index in [9.17, 15) is 28.1 Å². The fourth-order valence-electron chi connectivity index (χ4n) is 4.76. The van der Waals surface area contributed by atoms with E-state index in [1.54, 1.807) is 24.3 Å². The fraction of sp³-hybridized carbons (Fsp3) is 0.212. The topological polar surface area (TPSA) is 130 Å². The van der Waals surface area contributed by atoms with Gasteiger partial charge in [-0.05, 0) is 47.9 Å². The normalized spacial score (nSPS) is 11.8. The Morgan fingerprint density at radius 2 is 1.54 bits per heavy atom. The summed E-state index contributed by atoms with van der Waals surface area (Å²) in [5, 5.41) is 15.0. The number of sulfonamides is 1. The summed E-state index contributed by atoms with van der Waals surface area (Å²) in [7, 11) is -4.41. The van der Waals surface area contributed by atoms with E-state index in [4.69, 9.17) is 23.2 Å². The van der Waals surface area contributed by atoms with Gasteiger partial charge in [-0.3, -0.25) is 24.0 Å². The summed E-state index contributed by atoms with van der Waals surface area (Å²) in [6.07, 6.45) is 0.784. The average Bonchev–Trinajstić information content (AvgIpc) is 3.06. The van der Waals surface area contributed by atoms with Gasteiger partial charge in [0.15, 0.2) is 0 Å². The summed E-state index contributed by atoms with van der Waals surface area (Å²) < 4.78 is 28.9. The Morgan fingerprint density at radius 1 is 0.870 bits per heavy atom. The Kier molecular flexibility index (Phi) is 11.8. The third-order valence-corrected chi connectivity index (χ3v) is 9.62. The highest BCUT2D eigenvalue weighted by atomic mass is 35.5. The lowest BCUT2D eigenvalue weighted by Gasteiger charge is -2.34. The van der Waals surface area contributed by atoms with E-state index in [0.29, 0.717) is 23.6 Å². The largest absolute Gasteiger partial charge is 0.354 e. The number of carbonyl (C=O) groups excluding carboxylic acids is 2. The van der Waals surface area contributed by atoms with Crippen molar-refractivity contribution in [3.05, 3.63) is 134 Å². The second-order valence-corrected chi connectivity index (χ2v) is 13.0. The lowest BCUT2D eigenvalue weighted by molar-refractivity contribution is -0.384. The molecule has 0 aromatic heterocycles. The third kappa shape index (κ3) is 8.63. The van der Waals surface area contributed by atoms with Crippen molar-refractivity contribution < 1.29 is 22.9 Å². The van der Waals surface area contributed by atoms with Gasteiger partial charge >= 0.3 is 0 Å². The summed E-state index contributed by atoms with van der Waals surface area (Å²) in [5.74, 6) is -1.14. The monoisotopic (exact) mass is 682 g/mol. The number of non-ortho nitro benzene ring substituents is 1. The number of hydrogen-bond acceptors (Lipinski definition) is 6. The van der Waals surface area contributed by atoms with Crippen molar-refractivity contribution in [2.24, 2.45) is 0 Å². The maximum absolute atomic E-state index is 14.4. The van der Waals surface area contributed by atoms with Gasteiger partial charge in [0.1, 0.15) is 12.6 Å². The molecule has 46 heavy (non-hydrogen) atoms. The summed E-state index contributed by atoms with van der Waals surface area (Å²) in [6.45, 7) is 1.39. The molecule has 0 fully saturated rings. The zero-order valence-corrected chi connectivity index (χ0v) is 27.2. The Bertz CT molecular complexity index is 1790. The molecule has 1 N–H and O–H groups in total. The van der Waals surface area contributed by atoms with Crippen LogP contribution in [-0.2, 0) is 32.6 Å². The standard InChI is InChI=1S/C33H32Cl2N4O6S/c1-2-18-36-33(41)31(20-24-10-5-3-6-11-24)37(22-25-16-17-29(34)30(35)19-25)32(40)23-38(26-12-9-13-27(21-26)39(42)43)46(44,45)28-14-7-4-8-15-28/h3-17,19,21,31H,2,18,20,22-23H2,1H3,(H,36,41)/t31-/m1/s1. The number of amides is 2. The van der Waals surface area contributed by atoms with Crippen LogP contribution in [0.25, 0.3) is 0 Å². The Morgan fingerprint density at radius 3 is 2.17 bits per heavy atom. The molecule has 0 bridgehead atoms. The van der Waals surface area contributed by atoms with Crippen LogP contribution in [0.2, 0.25) is 10.0 Å². The lowest BCUT2D eigenvalue weighted by atomic mass is 10.0. The number of rotatable bonds is 14. The number of anilines is 1. The molecule has 0 radical (unpaired) electrons. The zero-order chi connectivity index (χ0) is 33.3. The van der Waals surface area contributed by atoms with Gasteiger partial charge in [-0.2, -0.15) is 0 Å². The van der Waals surface area contributed by atoms with Crippen molar-refractivity contribution >= 4 is 56.4 Å². The van der Waals surface area contributed by atoms with Crippen LogP contribution >= 0.6 is 23.2 Å². The zero-order valence-electron chi connectivity index (χ0n) is 24.9. The lowest BCUT2D eigenvalue weighted by Crippen LogP contribution is -2.53. The fourth-order valence-corrected chi connectivity index (χ4v) is 6.51. The molecule has 0 heterocycles. The first-order valence-electron chi connectivity index (χ1n) is 14.4. The van der Waals surface area contributed by atoms with Gasteiger partial charge in [0.25, 0.3) is 15.7 Å². The van der Waals surface area contributed by atoms with Crippen molar-refractivity contribution in [1.82, 2.24) is 10.2 Å². The van der Waals surface area contributed by atoms with Gasteiger partial charge in [0, 0.05) is 31.6 Å². The van der Waals surface area contributed by atoms with Gasteiger partial charge in [-0.1, -0.05) is 90.8 Å². The Hall–Kier alpha value is -4.45. The van der Waals surface area contributed by atoms with Crippen LogP contribution in [0, 0.1) is 10.1 Å². The van der Waals surface area contributed by atoms with E-state index in [1.165, 1.54) is 47.4 Å². The number of nitro benzene ring substituents is 1. The highest BCUT2D eigenvalue weighted by Gasteiger charge is 2.35. The second kappa shape index (κ2) is 15.7. The van der Waals surface area contributed by atoms with Crippen LogP contribution in [0.3, 0.4) is 0 Å². The third-order valence-electron chi connectivity index (χ3n) is 7.10. The van der Waals surface area contributed by atoms with Gasteiger partial charge in [0.05, 0.1) is 25.6 Å². The van der Waals surface area contributed by atoms with Crippen molar-refractivity contribution in [2.75, 3.05) is 17.4 Å². The van der Waals surface area contributed by atoms with Gasteiger partial charge < -0.3 is 10.2 Å². The predicted molar refractivity (Wildman–Crippen MR) is 178 cm³/mol. The minimum atomic E-state index is -4.41. The summed E-state index contributed by atoms with van der Waals surface area (Å²) in [4.78, 5) is 40.3. The minimum Gasteiger partial charge on any atom is -0.354 e. The second-order valence-electron chi connectivity index (χ2n) is 10.4. The molecule has 2 amide bonds. The number of nitro groups is 1. The molecule has 0 aliphatic heterocycles. The quantitative estimate of drug-likeness (QED) is 0.123. The Balaban J connectivity index is 1.83. The molecule has 0 aliphatic carbocycles. The number of nitrogens with one attached hydrogen (secondary N) is 1. The molecule has 0 aliphatic rings. The molecule has 4 aromatic carbocycles. The molecule has 0 saturated heterocycles. The highest BCUT2D eigenvalue weighted by molar-refractivity contribution is 7.92. The smallest absolute Gasteiger partial charge is 0.271 e. The number of benzene rings is 4. The molecule has 13 heteroatoms. The molecule has 0 saturated carbocycles. The Labute approximate surface area is 277 Å². The maximum atomic E-state index is 14.4. The number of halogens is 2. The first kappa shape index (κ1) is 34.4. The number of hydrogen-bond donors (Lipinski definition) is 1. The first-order chi connectivity index (χ1) is 22.0. The van der Waals surface area contributed by atoms with Crippen LogP contribution in [0.5, 0.6) is 0 Å².